The Balaban J connectivity index is 1.37. The number of ether oxygens (including phenoxy) is 6. The van der Waals surface area contributed by atoms with Crippen LogP contribution in [0.4, 0.5) is 0 Å². The van der Waals surface area contributed by atoms with E-state index in [1.54, 1.807) is 18.2 Å². The number of hydrogen-bond acceptors (Lipinski definition) is 8. The molecule has 2 N–H and O–H groups in total. The van der Waals surface area contributed by atoms with E-state index in [0.717, 1.165) is 10.0 Å². The second kappa shape index (κ2) is 5.99. The monoisotopic (exact) mass is 464 g/mol. The molecule has 0 saturated carbocycles. The van der Waals surface area contributed by atoms with Gasteiger partial charge in [0.05, 0.1) is 19.3 Å². The number of aliphatic hydroxyl groups is 2. The lowest BCUT2D eigenvalue weighted by atomic mass is 9.78. The normalized spacial score (nSPS) is 33.9. The molecule has 2 saturated heterocycles. The molecule has 29 heavy (non-hydrogen) atoms. The topological polar surface area (TPSA) is 95.8 Å². The minimum absolute atomic E-state index is 0.0891. The fourth-order valence-electron chi connectivity index (χ4n) is 4.50. The summed E-state index contributed by atoms with van der Waals surface area (Å²) in [5, 5.41) is 22.9. The summed E-state index contributed by atoms with van der Waals surface area (Å²) in [6.45, 7) is 0.312. The van der Waals surface area contributed by atoms with Crippen LogP contribution >= 0.6 is 15.9 Å². The third-order valence-corrected chi connectivity index (χ3v) is 6.77. The summed E-state index contributed by atoms with van der Waals surface area (Å²) in [6.07, 6.45) is -0.494. The largest absolute Gasteiger partial charge is 0.454 e. The molecular formula is C20H17BrO8. The molecule has 2 aromatic rings. The van der Waals surface area contributed by atoms with E-state index in [9.17, 15) is 10.2 Å². The standard InChI is InChI=1S/C20H17BrO8/c21-13-5-17-16(27-9-28-17)4-11(13)18-12-6-29-20(23,19(12,22)7-24-18)10-1-2-14-15(3-10)26-8-25-14/h1-5,12,18,22-23H,6-9H2. The molecule has 0 bridgehead atoms. The van der Waals surface area contributed by atoms with Crippen LogP contribution in [0.25, 0.3) is 0 Å². The minimum Gasteiger partial charge on any atom is -0.454 e. The zero-order valence-corrected chi connectivity index (χ0v) is 16.7. The first-order valence-corrected chi connectivity index (χ1v) is 9.98. The molecule has 4 aliphatic rings. The third-order valence-electron chi connectivity index (χ3n) is 6.08. The lowest BCUT2D eigenvalue weighted by Crippen LogP contribution is -2.52. The van der Waals surface area contributed by atoms with Crippen molar-refractivity contribution in [2.24, 2.45) is 5.92 Å². The molecular weight excluding hydrogens is 448 g/mol. The van der Waals surface area contributed by atoms with Crippen molar-refractivity contribution < 1.29 is 38.6 Å². The quantitative estimate of drug-likeness (QED) is 0.698. The van der Waals surface area contributed by atoms with Gasteiger partial charge in [0.2, 0.25) is 19.4 Å². The Morgan fingerprint density at radius 1 is 0.897 bits per heavy atom. The van der Waals surface area contributed by atoms with Gasteiger partial charge in [-0.05, 0) is 35.9 Å². The van der Waals surface area contributed by atoms with Crippen molar-refractivity contribution in [2.75, 3.05) is 26.8 Å². The third kappa shape index (κ3) is 2.33. The van der Waals surface area contributed by atoms with Gasteiger partial charge in [0.25, 0.3) is 0 Å². The highest BCUT2D eigenvalue weighted by atomic mass is 79.9. The summed E-state index contributed by atoms with van der Waals surface area (Å²) in [4.78, 5) is 0. The summed E-state index contributed by atoms with van der Waals surface area (Å²) in [5.41, 5.74) is -0.448. The summed E-state index contributed by atoms with van der Waals surface area (Å²) in [7, 11) is 0. The van der Waals surface area contributed by atoms with Gasteiger partial charge >= 0.3 is 0 Å². The van der Waals surface area contributed by atoms with E-state index in [2.05, 4.69) is 15.9 Å². The predicted molar refractivity (Wildman–Crippen MR) is 99.8 cm³/mol. The molecule has 4 aliphatic heterocycles. The SMILES string of the molecule is OC1(c2ccc3c(c2)OCO3)OCC2C(c3cc4c(cc3Br)OCO4)OCC21O. The number of fused-ring (bicyclic) bond motifs is 3. The highest BCUT2D eigenvalue weighted by Gasteiger charge is 2.67. The van der Waals surface area contributed by atoms with Crippen LogP contribution < -0.4 is 18.9 Å². The van der Waals surface area contributed by atoms with Gasteiger partial charge in [-0.2, -0.15) is 0 Å². The zero-order chi connectivity index (χ0) is 19.8. The maximum atomic E-state index is 11.5. The van der Waals surface area contributed by atoms with Gasteiger partial charge in [0.15, 0.2) is 28.6 Å². The van der Waals surface area contributed by atoms with Gasteiger partial charge in [-0.3, -0.25) is 0 Å². The van der Waals surface area contributed by atoms with E-state index < -0.39 is 23.4 Å². The van der Waals surface area contributed by atoms with E-state index in [-0.39, 0.29) is 26.8 Å². The minimum atomic E-state index is -1.93. The molecule has 0 spiro atoms. The van der Waals surface area contributed by atoms with Crippen molar-refractivity contribution >= 4 is 15.9 Å². The molecule has 0 aliphatic carbocycles. The smallest absolute Gasteiger partial charge is 0.231 e. The van der Waals surface area contributed by atoms with Crippen LogP contribution in [0.3, 0.4) is 0 Å². The van der Waals surface area contributed by atoms with Gasteiger partial charge < -0.3 is 38.6 Å². The second-order valence-electron chi connectivity index (χ2n) is 7.51. The summed E-state index contributed by atoms with van der Waals surface area (Å²) in [6, 6.07) is 8.64. The molecule has 8 nitrogen and oxygen atoms in total. The fourth-order valence-corrected chi connectivity index (χ4v) is 5.05. The van der Waals surface area contributed by atoms with Gasteiger partial charge in [-0.1, -0.05) is 15.9 Å². The molecule has 152 valence electrons. The van der Waals surface area contributed by atoms with Gasteiger partial charge in [-0.25, -0.2) is 0 Å². The predicted octanol–water partition coefficient (Wildman–Crippen LogP) is 2.20. The molecule has 4 atom stereocenters. The average Bonchev–Trinajstić information content (AvgIpc) is 3.46. The van der Waals surface area contributed by atoms with Crippen molar-refractivity contribution in [1.29, 1.82) is 0 Å². The van der Waals surface area contributed by atoms with Crippen molar-refractivity contribution in [1.82, 2.24) is 0 Å². The molecule has 4 unspecified atom stereocenters. The number of hydrogen-bond donors (Lipinski definition) is 2. The van der Waals surface area contributed by atoms with Crippen LogP contribution in [0.2, 0.25) is 0 Å². The van der Waals surface area contributed by atoms with Gasteiger partial charge in [0, 0.05) is 16.0 Å². The summed E-state index contributed by atoms with van der Waals surface area (Å²) < 4.78 is 34.2. The Kier molecular flexibility index (Phi) is 3.67. The molecule has 9 heteroatoms. The Bertz CT molecular complexity index is 1010. The average molecular weight is 465 g/mol. The number of halogens is 1. The van der Waals surface area contributed by atoms with E-state index in [0.29, 0.717) is 28.6 Å². The maximum absolute atomic E-state index is 11.5. The molecule has 0 radical (unpaired) electrons. The second-order valence-corrected chi connectivity index (χ2v) is 8.37. The Morgan fingerprint density at radius 3 is 2.38 bits per heavy atom. The summed E-state index contributed by atoms with van der Waals surface area (Å²) >= 11 is 3.55. The van der Waals surface area contributed by atoms with Crippen LogP contribution in [0.5, 0.6) is 23.0 Å². The first-order valence-electron chi connectivity index (χ1n) is 9.19. The van der Waals surface area contributed by atoms with Crippen LogP contribution in [0.1, 0.15) is 17.2 Å². The fraction of sp³-hybridized carbons (Fsp3) is 0.400. The number of rotatable bonds is 2. The van der Waals surface area contributed by atoms with E-state index in [1.165, 1.54) is 0 Å². The zero-order valence-electron chi connectivity index (χ0n) is 15.1. The first kappa shape index (κ1) is 17.8. The van der Waals surface area contributed by atoms with Crippen molar-refractivity contribution in [2.45, 2.75) is 17.5 Å². The van der Waals surface area contributed by atoms with Crippen molar-refractivity contribution in [3.63, 3.8) is 0 Å². The molecule has 0 amide bonds. The lowest BCUT2D eigenvalue weighted by molar-refractivity contribution is -0.268. The first-order chi connectivity index (χ1) is 14.0. The number of benzene rings is 2. The van der Waals surface area contributed by atoms with Crippen LogP contribution in [-0.4, -0.2) is 42.6 Å². The maximum Gasteiger partial charge on any atom is 0.231 e. The molecule has 2 fully saturated rings. The van der Waals surface area contributed by atoms with E-state index in [1.807, 2.05) is 12.1 Å². The van der Waals surface area contributed by atoms with Crippen molar-refractivity contribution in [3.8, 4) is 23.0 Å². The van der Waals surface area contributed by atoms with Gasteiger partial charge in [-0.15, -0.1) is 0 Å². The van der Waals surface area contributed by atoms with Crippen LogP contribution in [0, 0.1) is 5.92 Å². The van der Waals surface area contributed by atoms with Gasteiger partial charge in [0.1, 0.15) is 0 Å². The summed E-state index contributed by atoms with van der Waals surface area (Å²) in [5.74, 6) is -0.0737. The van der Waals surface area contributed by atoms with E-state index >= 15 is 0 Å². The van der Waals surface area contributed by atoms with Crippen LogP contribution in [-0.2, 0) is 15.3 Å². The molecule has 2 aromatic carbocycles. The Hall–Kier alpha value is -2.04. The van der Waals surface area contributed by atoms with Crippen molar-refractivity contribution in [3.05, 3.63) is 45.9 Å². The molecule has 0 aromatic heterocycles. The lowest BCUT2D eigenvalue weighted by Gasteiger charge is -2.35. The highest BCUT2D eigenvalue weighted by Crippen LogP contribution is 2.57. The highest BCUT2D eigenvalue weighted by molar-refractivity contribution is 9.10. The van der Waals surface area contributed by atoms with E-state index in [4.69, 9.17) is 28.4 Å². The van der Waals surface area contributed by atoms with Crippen LogP contribution in [0.15, 0.2) is 34.8 Å². The Labute approximate surface area is 174 Å². The molecule has 4 heterocycles. The molecule has 6 rings (SSSR count). The Morgan fingerprint density at radius 2 is 1.59 bits per heavy atom.